The fourth-order valence-electron chi connectivity index (χ4n) is 4.24. The van der Waals surface area contributed by atoms with Gasteiger partial charge in [0.25, 0.3) is 10.0 Å². The van der Waals surface area contributed by atoms with Crippen LogP contribution < -0.4 is 20.3 Å². The minimum Gasteiger partial charge on any atom is -0.495 e. The van der Waals surface area contributed by atoms with Crippen LogP contribution in [0.3, 0.4) is 0 Å². The van der Waals surface area contributed by atoms with Crippen molar-refractivity contribution >= 4 is 38.1 Å². The van der Waals surface area contributed by atoms with Gasteiger partial charge in [0.05, 0.1) is 23.9 Å². The van der Waals surface area contributed by atoms with E-state index >= 15 is 0 Å². The van der Waals surface area contributed by atoms with E-state index in [0.717, 1.165) is 43.3 Å². The monoisotopic (exact) mass is 488 g/mol. The maximum absolute atomic E-state index is 13.4. The van der Waals surface area contributed by atoms with Crippen molar-refractivity contribution in [3.8, 4) is 11.8 Å². The van der Waals surface area contributed by atoms with Crippen LogP contribution in [0.25, 0.3) is 10.9 Å². The number of anilines is 3. The first kappa shape index (κ1) is 22.7. The molecular formula is C25H24N6O3S. The number of nitriles is 1. The summed E-state index contributed by atoms with van der Waals surface area (Å²) in [6.45, 7) is 3.66. The lowest BCUT2D eigenvalue weighted by Gasteiger charge is -2.30. The van der Waals surface area contributed by atoms with Gasteiger partial charge in [-0.05, 0) is 30.3 Å². The predicted octanol–water partition coefficient (Wildman–Crippen LogP) is 3.31. The lowest BCUT2D eigenvalue weighted by molar-refractivity contribution is 0.413. The van der Waals surface area contributed by atoms with Crippen molar-refractivity contribution < 1.29 is 13.2 Å². The van der Waals surface area contributed by atoms with Crippen LogP contribution in [0.15, 0.2) is 71.9 Å². The summed E-state index contributed by atoms with van der Waals surface area (Å²) >= 11 is 0. The van der Waals surface area contributed by atoms with Crippen LogP contribution in [-0.4, -0.2) is 50.7 Å². The minimum atomic E-state index is -3.98. The number of methoxy groups -OCH3 is 1. The standard InChI is InChI=1S/C25H24N6O3S/c1-34-23-14-20(6-7-21(23)30-12-9-27-10-13-30)29-25-15-22-19(17-28-25)8-11-31(22)35(32,33)24-5-3-2-4-18(24)16-26/h2-8,11,14-15,17,27H,9-10,12-13H2,1H3,(H,28,29). The fraction of sp³-hybridized carbons (Fsp3) is 0.200. The molecule has 9 nitrogen and oxygen atoms in total. The van der Waals surface area contributed by atoms with Gasteiger partial charge in [0, 0.05) is 61.8 Å². The molecule has 0 bridgehead atoms. The molecular weight excluding hydrogens is 464 g/mol. The van der Waals surface area contributed by atoms with Crippen molar-refractivity contribution in [1.82, 2.24) is 14.3 Å². The first-order valence-corrected chi connectivity index (χ1v) is 12.6. The molecule has 0 atom stereocenters. The van der Waals surface area contributed by atoms with Crippen molar-refractivity contribution in [3.63, 3.8) is 0 Å². The lowest BCUT2D eigenvalue weighted by atomic mass is 10.2. The predicted molar refractivity (Wildman–Crippen MR) is 135 cm³/mol. The van der Waals surface area contributed by atoms with E-state index in [9.17, 15) is 13.7 Å². The largest absolute Gasteiger partial charge is 0.495 e. The van der Waals surface area contributed by atoms with Gasteiger partial charge in [-0.25, -0.2) is 17.4 Å². The van der Waals surface area contributed by atoms with Gasteiger partial charge in [-0.15, -0.1) is 0 Å². The van der Waals surface area contributed by atoms with E-state index in [1.807, 2.05) is 24.3 Å². The molecule has 0 amide bonds. The number of nitrogens with one attached hydrogen (secondary N) is 2. The van der Waals surface area contributed by atoms with Gasteiger partial charge in [-0.2, -0.15) is 5.26 Å². The number of hydrogen-bond acceptors (Lipinski definition) is 8. The molecule has 1 saturated heterocycles. The number of benzene rings is 2. The molecule has 2 aromatic heterocycles. The molecule has 1 aliphatic rings. The van der Waals surface area contributed by atoms with Gasteiger partial charge < -0.3 is 20.3 Å². The Morgan fingerprint density at radius 3 is 2.69 bits per heavy atom. The highest BCUT2D eigenvalue weighted by Gasteiger charge is 2.22. The van der Waals surface area contributed by atoms with Crippen LogP contribution in [0.5, 0.6) is 5.75 Å². The quantitative estimate of drug-likeness (QED) is 0.425. The van der Waals surface area contributed by atoms with Crippen molar-refractivity contribution in [3.05, 3.63) is 72.6 Å². The molecule has 0 aliphatic carbocycles. The maximum Gasteiger partial charge on any atom is 0.269 e. The van der Waals surface area contributed by atoms with Crippen molar-refractivity contribution in [2.75, 3.05) is 43.5 Å². The Morgan fingerprint density at radius 2 is 1.91 bits per heavy atom. The van der Waals surface area contributed by atoms with Gasteiger partial charge in [-0.3, -0.25) is 0 Å². The topological polar surface area (TPSA) is 112 Å². The number of rotatable bonds is 6. The molecule has 1 fully saturated rings. The summed E-state index contributed by atoms with van der Waals surface area (Å²) in [6, 6.07) is 17.4. The highest BCUT2D eigenvalue weighted by molar-refractivity contribution is 7.90. The molecule has 5 rings (SSSR count). The average Bonchev–Trinajstić information content (AvgIpc) is 3.33. The van der Waals surface area contributed by atoms with E-state index in [1.165, 1.54) is 22.3 Å². The zero-order chi connectivity index (χ0) is 24.4. The van der Waals surface area contributed by atoms with Crippen LogP contribution in [0.4, 0.5) is 17.2 Å². The Labute approximate surface area is 203 Å². The third-order valence-electron chi connectivity index (χ3n) is 5.99. The lowest BCUT2D eigenvalue weighted by Crippen LogP contribution is -2.43. The van der Waals surface area contributed by atoms with E-state index in [2.05, 4.69) is 20.5 Å². The Balaban J connectivity index is 1.48. The van der Waals surface area contributed by atoms with E-state index in [-0.39, 0.29) is 10.5 Å². The summed E-state index contributed by atoms with van der Waals surface area (Å²) in [5, 5.41) is 16.6. The number of piperazine rings is 1. The normalized spacial score (nSPS) is 14.0. The summed E-state index contributed by atoms with van der Waals surface area (Å²) in [6.07, 6.45) is 3.09. The summed E-state index contributed by atoms with van der Waals surface area (Å²) in [5.74, 6) is 1.23. The first-order chi connectivity index (χ1) is 17.0. The average molecular weight is 489 g/mol. The molecule has 0 spiro atoms. The number of fused-ring (bicyclic) bond motifs is 1. The Bertz CT molecular complexity index is 1530. The molecule has 0 saturated carbocycles. The second-order valence-electron chi connectivity index (χ2n) is 8.10. The molecule has 3 heterocycles. The smallest absolute Gasteiger partial charge is 0.269 e. The summed E-state index contributed by atoms with van der Waals surface area (Å²) in [7, 11) is -2.33. The molecule has 2 N–H and O–H groups in total. The molecule has 178 valence electrons. The zero-order valence-electron chi connectivity index (χ0n) is 19.1. The molecule has 10 heteroatoms. The van der Waals surface area contributed by atoms with E-state index < -0.39 is 10.0 Å². The Morgan fingerprint density at radius 1 is 1.11 bits per heavy atom. The molecule has 0 unspecified atom stereocenters. The van der Waals surface area contributed by atoms with Crippen LogP contribution in [0.1, 0.15) is 5.56 Å². The van der Waals surface area contributed by atoms with Gasteiger partial charge in [0.15, 0.2) is 0 Å². The molecule has 35 heavy (non-hydrogen) atoms. The SMILES string of the molecule is COc1cc(Nc2cc3c(ccn3S(=O)(=O)c3ccccc3C#N)cn2)ccc1N1CCNCC1. The molecule has 4 aromatic rings. The molecule has 1 aliphatic heterocycles. The van der Waals surface area contributed by atoms with E-state index in [0.29, 0.717) is 16.7 Å². The summed E-state index contributed by atoms with van der Waals surface area (Å²) in [4.78, 5) is 6.68. The Kier molecular flexibility index (Phi) is 6.03. The van der Waals surface area contributed by atoms with Crippen LogP contribution >= 0.6 is 0 Å². The number of ether oxygens (including phenoxy) is 1. The highest BCUT2D eigenvalue weighted by Crippen LogP contribution is 2.33. The summed E-state index contributed by atoms with van der Waals surface area (Å²) in [5.41, 5.74) is 2.35. The highest BCUT2D eigenvalue weighted by atomic mass is 32.2. The van der Waals surface area contributed by atoms with Crippen LogP contribution in [0.2, 0.25) is 0 Å². The fourth-order valence-corrected chi connectivity index (χ4v) is 5.73. The second kappa shape index (κ2) is 9.29. The van der Waals surface area contributed by atoms with Gasteiger partial charge in [-0.1, -0.05) is 12.1 Å². The third-order valence-corrected chi connectivity index (χ3v) is 7.74. The van der Waals surface area contributed by atoms with Gasteiger partial charge in [0.1, 0.15) is 22.5 Å². The molecule has 0 radical (unpaired) electrons. The zero-order valence-corrected chi connectivity index (χ0v) is 19.9. The number of aromatic nitrogens is 2. The Hall–Kier alpha value is -4.07. The third kappa shape index (κ3) is 4.27. The van der Waals surface area contributed by atoms with Gasteiger partial charge >= 0.3 is 0 Å². The minimum absolute atomic E-state index is 0.0421. The van der Waals surface area contributed by atoms with Crippen molar-refractivity contribution in [2.45, 2.75) is 4.90 Å². The van der Waals surface area contributed by atoms with Crippen molar-refractivity contribution in [1.29, 1.82) is 5.26 Å². The number of nitrogens with zero attached hydrogens (tertiary/aromatic N) is 4. The second-order valence-corrected chi connectivity index (χ2v) is 9.88. The van der Waals surface area contributed by atoms with Crippen LogP contribution in [0, 0.1) is 11.3 Å². The molecule has 2 aromatic carbocycles. The van der Waals surface area contributed by atoms with Crippen LogP contribution in [-0.2, 0) is 10.0 Å². The summed E-state index contributed by atoms with van der Waals surface area (Å²) < 4.78 is 33.6. The van der Waals surface area contributed by atoms with Crippen molar-refractivity contribution in [2.24, 2.45) is 0 Å². The first-order valence-electron chi connectivity index (χ1n) is 11.1. The van der Waals surface area contributed by atoms with E-state index in [1.54, 1.807) is 37.6 Å². The van der Waals surface area contributed by atoms with Gasteiger partial charge in [0.2, 0.25) is 0 Å². The number of pyridine rings is 1. The number of hydrogen-bond donors (Lipinski definition) is 2. The maximum atomic E-state index is 13.4. The van der Waals surface area contributed by atoms with E-state index in [4.69, 9.17) is 4.74 Å².